The summed E-state index contributed by atoms with van der Waals surface area (Å²) in [5, 5.41) is 12.2. The molecule has 3 nitrogen and oxygen atoms in total. The number of piperazine rings is 1. The predicted molar refractivity (Wildman–Crippen MR) is 112 cm³/mol. The molecule has 0 radical (unpaired) electrons. The fraction of sp³-hybridized carbons (Fsp3) is 0.750. The molecule has 3 fully saturated rings. The molecule has 4 unspecified atom stereocenters. The molecule has 3 aliphatic rings. The van der Waals surface area contributed by atoms with Gasteiger partial charge in [0.1, 0.15) is 0 Å². The maximum absolute atomic E-state index is 12.2. The number of aryl methyl sites for hydroxylation is 1. The molecule has 2 saturated carbocycles. The number of hydrogen-bond donors (Lipinski definition) is 1. The number of nitrogens with zero attached hydrogens (tertiary/aromatic N) is 2. The smallest absolute Gasteiger partial charge is 0.0758 e. The lowest BCUT2D eigenvalue weighted by molar-refractivity contribution is -0.112. The molecular weight excluding hydrogens is 332 g/mol. The van der Waals surface area contributed by atoms with E-state index in [4.69, 9.17) is 0 Å². The fourth-order valence-corrected chi connectivity index (χ4v) is 6.20. The molecule has 0 amide bonds. The van der Waals surface area contributed by atoms with Gasteiger partial charge in [-0.3, -0.25) is 0 Å². The van der Waals surface area contributed by atoms with Crippen LogP contribution in [0.1, 0.15) is 62.0 Å². The highest BCUT2D eigenvalue weighted by Crippen LogP contribution is 2.51. The number of fused-ring (bicyclic) bond motifs is 1. The quantitative estimate of drug-likeness (QED) is 0.866. The van der Waals surface area contributed by atoms with Gasteiger partial charge in [0.05, 0.1) is 5.60 Å². The molecule has 1 N–H and O–H groups in total. The third-order valence-corrected chi connectivity index (χ3v) is 7.79. The van der Waals surface area contributed by atoms with E-state index in [-0.39, 0.29) is 5.92 Å². The number of likely N-dealkylation sites (N-methyl/N-ethyl adjacent to an activating group) is 1. The molecular formula is C24H38N2O. The molecule has 0 aromatic heterocycles. The Labute approximate surface area is 165 Å². The van der Waals surface area contributed by atoms with Crippen LogP contribution in [0, 0.1) is 18.8 Å². The second-order valence-electron chi connectivity index (χ2n) is 9.61. The zero-order valence-corrected chi connectivity index (χ0v) is 17.4. The van der Waals surface area contributed by atoms with Crippen molar-refractivity contribution in [3.63, 3.8) is 0 Å². The van der Waals surface area contributed by atoms with Crippen LogP contribution in [0.25, 0.3) is 0 Å². The van der Waals surface area contributed by atoms with Gasteiger partial charge in [-0.05, 0) is 50.6 Å². The maximum atomic E-state index is 12.2. The number of aliphatic hydroxyl groups is 1. The fourth-order valence-electron chi connectivity index (χ4n) is 6.20. The maximum Gasteiger partial charge on any atom is 0.0758 e. The molecule has 0 spiro atoms. The molecule has 1 saturated heterocycles. The summed E-state index contributed by atoms with van der Waals surface area (Å²) in [6.07, 6.45) is 8.75. The summed E-state index contributed by atoms with van der Waals surface area (Å²) >= 11 is 0. The summed E-state index contributed by atoms with van der Waals surface area (Å²) in [4.78, 5) is 5.03. The minimum atomic E-state index is -0.527. The van der Waals surface area contributed by atoms with Crippen molar-refractivity contribution in [3.05, 3.63) is 35.4 Å². The second-order valence-corrected chi connectivity index (χ2v) is 9.61. The van der Waals surface area contributed by atoms with E-state index in [1.165, 1.54) is 49.7 Å². The van der Waals surface area contributed by atoms with Crippen molar-refractivity contribution >= 4 is 0 Å². The summed E-state index contributed by atoms with van der Waals surface area (Å²) in [5.74, 6) is 1.49. The summed E-state index contributed by atoms with van der Waals surface area (Å²) in [5.41, 5.74) is 2.15. The first-order valence-corrected chi connectivity index (χ1v) is 11.3. The van der Waals surface area contributed by atoms with Crippen molar-refractivity contribution in [2.45, 2.75) is 63.4 Å². The van der Waals surface area contributed by atoms with E-state index in [0.717, 1.165) is 45.1 Å². The van der Waals surface area contributed by atoms with E-state index in [9.17, 15) is 5.11 Å². The Morgan fingerprint density at radius 3 is 2.59 bits per heavy atom. The van der Waals surface area contributed by atoms with Crippen molar-refractivity contribution < 1.29 is 5.11 Å². The molecule has 1 aromatic carbocycles. The van der Waals surface area contributed by atoms with Gasteiger partial charge in [0.15, 0.2) is 0 Å². The van der Waals surface area contributed by atoms with Gasteiger partial charge >= 0.3 is 0 Å². The topological polar surface area (TPSA) is 26.7 Å². The zero-order valence-electron chi connectivity index (χ0n) is 17.4. The highest BCUT2D eigenvalue weighted by atomic mass is 16.3. The Hall–Kier alpha value is -0.900. The molecule has 1 heterocycles. The van der Waals surface area contributed by atoms with Crippen LogP contribution in [0.4, 0.5) is 0 Å². The SMILES string of the molecule is Cc1cccc(C(CN2CCN(C)CC2)C2(O)CCCC3CCCCC32)c1. The molecule has 1 aliphatic heterocycles. The Balaban J connectivity index is 1.63. The van der Waals surface area contributed by atoms with Crippen LogP contribution in [0.5, 0.6) is 0 Å². The van der Waals surface area contributed by atoms with Crippen LogP contribution in [-0.2, 0) is 0 Å². The molecule has 1 aromatic rings. The molecule has 2 aliphatic carbocycles. The first-order valence-electron chi connectivity index (χ1n) is 11.3. The monoisotopic (exact) mass is 370 g/mol. The largest absolute Gasteiger partial charge is 0.389 e. The van der Waals surface area contributed by atoms with Gasteiger partial charge in [-0.1, -0.05) is 55.5 Å². The van der Waals surface area contributed by atoms with Gasteiger partial charge in [0.25, 0.3) is 0 Å². The van der Waals surface area contributed by atoms with Crippen LogP contribution in [-0.4, -0.2) is 60.3 Å². The van der Waals surface area contributed by atoms with E-state index < -0.39 is 5.60 Å². The average Bonchev–Trinajstić information content (AvgIpc) is 2.68. The Morgan fingerprint density at radius 2 is 1.81 bits per heavy atom. The average molecular weight is 371 g/mol. The Bertz CT molecular complexity index is 623. The number of rotatable bonds is 4. The zero-order chi connectivity index (χ0) is 18.9. The molecule has 4 rings (SSSR count). The lowest BCUT2D eigenvalue weighted by Gasteiger charge is -2.52. The van der Waals surface area contributed by atoms with Crippen LogP contribution >= 0.6 is 0 Å². The van der Waals surface area contributed by atoms with E-state index in [1.54, 1.807) is 0 Å². The van der Waals surface area contributed by atoms with E-state index in [0.29, 0.717) is 5.92 Å². The van der Waals surface area contributed by atoms with E-state index in [1.807, 2.05) is 0 Å². The first kappa shape index (κ1) is 19.4. The molecule has 0 bridgehead atoms. The van der Waals surface area contributed by atoms with Crippen LogP contribution in [0.15, 0.2) is 24.3 Å². The van der Waals surface area contributed by atoms with Gasteiger partial charge in [-0.15, -0.1) is 0 Å². The summed E-state index contributed by atoms with van der Waals surface area (Å²) < 4.78 is 0. The number of benzene rings is 1. The van der Waals surface area contributed by atoms with Crippen molar-refractivity contribution in [3.8, 4) is 0 Å². The van der Waals surface area contributed by atoms with Crippen LogP contribution < -0.4 is 0 Å². The van der Waals surface area contributed by atoms with Gasteiger partial charge in [-0.2, -0.15) is 0 Å². The van der Waals surface area contributed by atoms with Crippen molar-refractivity contribution in [1.29, 1.82) is 0 Å². The van der Waals surface area contributed by atoms with E-state index >= 15 is 0 Å². The Kier molecular flexibility index (Phi) is 5.92. The van der Waals surface area contributed by atoms with E-state index in [2.05, 4.69) is 48.0 Å². The van der Waals surface area contributed by atoms with Crippen molar-refractivity contribution in [2.24, 2.45) is 11.8 Å². The van der Waals surface area contributed by atoms with Crippen LogP contribution in [0.3, 0.4) is 0 Å². The highest BCUT2D eigenvalue weighted by molar-refractivity contribution is 5.29. The van der Waals surface area contributed by atoms with Crippen molar-refractivity contribution in [2.75, 3.05) is 39.8 Å². The van der Waals surface area contributed by atoms with Gasteiger partial charge in [-0.25, -0.2) is 0 Å². The van der Waals surface area contributed by atoms with Crippen LogP contribution in [0.2, 0.25) is 0 Å². The third kappa shape index (κ3) is 4.11. The normalized spacial score (nSPS) is 34.2. The van der Waals surface area contributed by atoms with Gasteiger partial charge in [0, 0.05) is 38.6 Å². The Morgan fingerprint density at radius 1 is 1.07 bits per heavy atom. The summed E-state index contributed by atoms with van der Waals surface area (Å²) in [7, 11) is 2.22. The van der Waals surface area contributed by atoms with Crippen molar-refractivity contribution in [1.82, 2.24) is 9.80 Å². The summed E-state index contributed by atoms with van der Waals surface area (Å²) in [6, 6.07) is 8.99. The molecule has 27 heavy (non-hydrogen) atoms. The van der Waals surface area contributed by atoms with Gasteiger partial charge < -0.3 is 14.9 Å². The lowest BCUT2D eigenvalue weighted by Crippen LogP contribution is -2.55. The lowest BCUT2D eigenvalue weighted by atomic mass is 9.58. The van der Waals surface area contributed by atoms with Gasteiger partial charge in [0.2, 0.25) is 0 Å². The third-order valence-electron chi connectivity index (χ3n) is 7.79. The molecule has 3 heteroatoms. The molecule has 150 valence electrons. The first-order chi connectivity index (χ1) is 13.1. The highest BCUT2D eigenvalue weighted by Gasteiger charge is 2.50. The summed E-state index contributed by atoms with van der Waals surface area (Å²) in [6.45, 7) is 7.74. The predicted octanol–water partition coefficient (Wildman–Crippen LogP) is 4.05. The molecule has 4 atom stereocenters. The second kappa shape index (κ2) is 8.23. The minimum absolute atomic E-state index is 0.242. The minimum Gasteiger partial charge on any atom is -0.389 e. The standard InChI is InChI=1S/C24H38N2O/c1-19-7-5-9-21(17-19)23(18-26-15-13-25(2)14-16-26)24(27)12-6-10-20-8-3-4-11-22(20)24/h5,7,9,17,20,22-23,27H,3-4,6,8,10-16,18H2,1-2H3. The number of hydrogen-bond acceptors (Lipinski definition) is 3.